The first-order valence-electron chi connectivity index (χ1n) is 8.95. The monoisotopic (exact) mass is 456 g/mol. The van der Waals surface area contributed by atoms with Gasteiger partial charge >= 0.3 is 18.1 Å². The lowest BCUT2D eigenvalue weighted by molar-refractivity contribution is -0.215. The summed E-state index contributed by atoms with van der Waals surface area (Å²) in [6, 6.07) is 3.19. The molecule has 0 aliphatic carbocycles. The average molecular weight is 456 g/mol. The molecule has 164 valence electrons. The lowest BCUT2D eigenvalue weighted by Gasteiger charge is -2.19. The van der Waals surface area contributed by atoms with E-state index >= 15 is 0 Å². The molecule has 0 saturated heterocycles. The van der Waals surface area contributed by atoms with Crippen molar-refractivity contribution in [3.05, 3.63) is 34.4 Å². The summed E-state index contributed by atoms with van der Waals surface area (Å²) in [5.74, 6) is -3.97. The molecule has 0 aromatic heterocycles. The second-order valence-electron chi connectivity index (χ2n) is 6.40. The fourth-order valence-electron chi connectivity index (χ4n) is 2.58. The minimum Gasteiger partial charge on any atom is -0.462 e. The zero-order valence-corrected chi connectivity index (χ0v) is 17.2. The molecule has 1 rings (SSSR count). The van der Waals surface area contributed by atoms with E-state index in [1.807, 2.05) is 0 Å². The van der Waals surface area contributed by atoms with Gasteiger partial charge in [-0.1, -0.05) is 36.2 Å². The predicted molar refractivity (Wildman–Crippen MR) is 107 cm³/mol. The van der Waals surface area contributed by atoms with Crippen LogP contribution in [0, 0.1) is 0 Å². The molecule has 1 unspecified atom stereocenters. The van der Waals surface area contributed by atoms with E-state index in [4.69, 9.17) is 32.8 Å². The summed E-state index contributed by atoms with van der Waals surface area (Å²) in [4.78, 5) is 23.9. The second kappa shape index (κ2) is 11.6. The van der Waals surface area contributed by atoms with Gasteiger partial charge in [0, 0.05) is 6.42 Å². The first-order chi connectivity index (χ1) is 14.3. The van der Waals surface area contributed by atoms with Crippen LogP contribution in [0.5, 0.6) is 0 Å². The van der Waals surface area contributed by atoms with E-state index in [-0.39, 0.29) is 37.6 Å². The van der Waals surface area contributed by atoms with Crippen LogP contribution in [0.1, 0.15) is 39.9 Å². The average Bonchev–Trinajstić information content (AvgIpc) is 2.67. The molecule has 0 aliphatic rings. The number of hydrogen-bond acceptors (Lipinski definition) is 6. The molecule has 0 bridgehead atoms. The summed E-state index contributed by atoms with van der Waals surface area (Å²) in [5, 5.41) is 0. The SMILES string of the molecule is [B]Cc1cc(C[B])c(C[B])c(C(=O)OCCCC(=O)OC(CS(=O)(=O)O)C(F)(F)F)c1. The lowest BCUT2D eigenvalue weighted by atomic mass is 9.81. The zero-order valence-electron chi connectivity index (χ0n) is 16.4. The summed E-state index contributed by atoms with van der Waals surface area (Å²) in [6.45, 7) is -0.336. The van der Waals surface area contributed by atoms with Crippen LogP contribution in [0.3, 0.4) is 0 Å². The molecule has 0 fully saturated rings. The Balaban J connectivity index is 2.68. The number of esters is 2. The van der Waals surface area contributed by atoms with E-state index in [1.54, 1.807) is 6.07 Å². The van der Waals surface area contributed by atoms with Crippen molar-refractivity contribution in [3.8, 4) is 0 Å². The second-order valence-corrected chi connectivity index (χ2v) is 7.90. The Labute approximate surface area is 182 Å². The molecular formula is C17H18B3F3O7S. The largest absolute Gasteiger partial charge is 0.462 e. The van der Waals surface area contributed by atoms with E-state index in [0.717, 1.165) is 0 Å². The number of rotatable bonds is 11. The summed E-state index contributed by atoms with van der Waals surface area (Å²) < 4.78 is 77.2. The Morgan fingerprint density at radius 2 is 1.74 bits per heavy atom. The third-order valence-electron chi connectivity index (χ3n) is 4.04. The zero-order chi connectivity index (χ0) is 23.8. The number of ether oxygens (including phenoxy) is 2. The first kappa shape index (κ1) is 27.1. The van der Waals surface area contributed by atoms with Crippen LogP contribution in [-0.2, 0) is 43.3 Å². The van der Waals surface area contributed by atoms with Gasteiger partial charge in [0.2, 0.25) is 6.10 Å². The Morgan fingerprint density at radius 3 is 2.23 bits per heavy atom. The van der Waals surface area contributed by atoms with Crippen LogP contribution in [-0.4, -0.2) is 73.1 Å². The molecule has 0 spiro atoms. The van der Waals surface area contributed by atoms with Gasteiger partial charge in [-0.15, -0.1) is 0 Å². The van der Waals surface area contributed by atoms with Crippen LogP contribution in [0.4, 0.5) is 13.2 Å². The van der Waals surface area contributed by atoms with Crippen molar-refractivity contribution in [2.45, 2.75) is 44.1 Å². The fraction of sp³-hybridized carbons (Fsp3) is 0.529. The lowest BCUT2D eigenvalue weighted by Crippen LogP contribution is -2.39. The normalized spacial score (nSPS) is 12.9. The van der Waals surface area contributed by atoms with Crippen LogP contribution in [0.25, 0.3) is 0 Å². The van der Waals surface area contributed by atoms with Gasteiger partial charge in [-0.3, -0.25) is 9.35 Å². The standard InChI is InChI=1S/C17H18B3F3O7S/c18-6-10-4-11(7-19)13(8-20)12(5-10)16(25)29-3-1-2-15(24)30-14(17(21,22)23)9-31(26,27)28/h4-5,14H,1-3,6-9H2,(H,26,27,28). The molecule has 1 aromatic rings. The maximum atomic E-state index is 12.7. The van der Waals surface area contributed by atoms with E-state index in [1.165, 1.54) is 6.07 Å². The van der Waals surface area contributed by atoms with Gasteiger partial charge in [0.1, 0.15) is 5.75 Å². The van der Waals surface area contributed by atoms with Crippen molar-refractivity contribution >= 4 is 45.6 Å². The fourth-order valence-corrected chi connectivity index (χ4v) is 3.22. The number of benzene rings is 1. The highest BCUT2D eigenvalue weighted by atomic mass is 32.2. The van der Waals surface area contributed by atoms with Crippen LogP contribution >= 0.6 is 0 Å². The molecule has 1 atom stereocenters. The third kappa shape index (κ3) is 8.98. The molecule has 0 amide bonds. The quantitative estimate of drug-likeness (QED) is 0.229. The summed E-state index contributed by atoms with van der Waals surface area (Å²) in [6.07, 6.45) is -8.75. The van der Waals surface area contributed by atoms with Crippen molar-refractivity contribution in [1.29, 1.82) is 0 Å². The maximum absolute atomic E-state index is 12.7. The third-order valence-corrected chi connectivity index (χ3v) is 4.76. The Morgan fingerprint density at radius 1 is 1.10 bits per heavy atom. The molecule has 1 N–H and O–H groups in total. The minimum absolute atomic E-state index is 0.000734. The molecular weight excluding hydrogens is 438 g/mol. The molecule has 0 aliphatic heterocycles. The summed E-state index contributed by atoms with van der Waals surface area (Å²) in [5.41, 5.74) is 1.82. The number of alkyl halides is 3. The number of carbonyl (C=O) groups is 2. The molecule has 6 radical (unpaired) electrons. The number of halogens is 3. The van der Waals surface area contributed by atoms with Gasteiger partial charge in [0.25, 0.3) is 10.1 Å². The molecule has 1 aromatic carbocycles. The highest BCUT2D eigenvalue weighted by Crippen LogP contribution is 2.25. The smallest absolute Gasteiger partial charge is 0.426 e. The molecule has 7 nitrogen and oxygen atoms in total. The van der Waals surface area contributed by atoms with Crippen molar-refractivity contribution in [1.82, 2.24) is 0 Å². The number of hydrogen-bond donors (Lipinski definition) is 1. The van der Waals surface area contributed by atoms with Crippen LogP contribution < -0.4 is 0 Å². The highest BCUT2D eigenvalue weighted by molar-refractivity contribution is 7.85. The van der Waals surface area contributed by atoms with Crippen molar-refractivity contribution in [2.75, 3.05) is 12.4 Å². The van der Waals surface area contributed by atoms with Crippen LogP contribution in [0.2, 0.25) is 0 Å². The Bertz CT molecular complexity index is 892. The maximum Gasteiger partial charge on any atom is 0.426 e. The predicted octanol–water partition coefficient (Wildman–Crippen LogP) is 0.991. The van der Waals surface area contributed by atoms with Gasteiger partial charge in [0.05, 0.1) is 35.7 Å². The highest BCUT2D eigenvalue weighted by Gasteiger charge is 2.45. The Kier molecular flexibility index (Phi) is 10.1. The van der Waals surface area contributed by atoms with Crippen LogP contribution in [0.15, 0.2) is 12.1 Å². The van der Waals surface area contributed by atoms with Gasteiger partial charge in [-0.2, -0.15) is 21.6 Å². The minimum atomic E-state index is -5.19. The summed E-state index contributed by atoms with van der Waals surface area (Å²) >= 11 is 0. The topological polar surface area (TPSA) is 107 Å². The van der Waals surface area contributed by atoms with Gasteiger partial charge < -0.3 is 9.47 Å². The van der Waals surface area contributed by atoms with Gasteiger partial charge in [-0.25, -0.2) is 4.79 Å². The van der Waals surface area contributed by atoms with E-state index < -0.39 is 46.5 Å². The summed E-state index contributed by atoms with van der Waals surface area (Å²) in [7, 11) is 11.9. The van der Waals surface area contributed by atoms with Crippen molar-refractivity contribution in [3.63, 3.8) is 0 Å². The Hall–Kier alpha value is -1.95. The number of carbonyl (C=O) groups excluding carboxylic acids is 2. The van der Waals surface area contributed by atoms with Gasteiger partial charge in [0.15, 0.2) is 0 Å². The van der Waals surface area contributed by atoms with Gasteiger partial charge in [-0.05, 0) is 18.1 Å². The van der Waals surface area contributed by atoms with E-state index in [0.29, 0.717) is 16.7 Å². The van der Waals surface area contributed by atoms with Crippen molar-refractivity contribution < 1.29 is 45.2 Å². The molecule has 0 saturated carbocycles. The van der Waals surface area contributed by atoms with E-state index in [9.17, 15) is 31.2 Å². The molecule has 0 heterocycles. The van der Waals surface area contributed by atoms with Crippen molar-refractivity contribution in [2.24, 2.45) is 0 Å². The molecule has 31 heavy (non-hydrogen) atoms. The first-order valence-corrected chi connectivity index (χ1v) is 10.6. The molecule has 14 heteroatoms. The van der Waals surface area contributed by atoms with E-state index in [2.05, 4.69) is 4.74 Å².